The number of methoxy groups -OCH3 is 1. The highest BCUT2D eigenvalue weighted by Crippen LogP contribution is 2.21. The van der Waals surface area contributed by atoms with Crippen molar-refractivity contribution in [3.05, 3.63) is 69.0 Å². The molecule has 0 fully saturated rings. The van der Waals surface area contributed by atoms with Crippen LogP contribution in [-0.4, -0.2) is 28.3 Å². The monoisotopic (exact) mass is 421 g/mol. The molecule has 4 aromatic rings. The van der Waals surface area contributed by atoms with Gasteiger partial charge in [-0.3, -0.25) is 4.79 Å². The summed E-state index contributed by atoms with van der Waals surface area (Å²) in [4.78, 5) is 17.9. The fraction of sp³-hybridized carbons (Fsp3) is 0.261. The molecular formula is C23H23N3O3S. The lowest BCUT2D eigenvalue weighted by Gasteiger charge is -2.05. The van der Waals surface area contributed by atoms with Gasteiger partial charge in [-0.2, -0.15) is 9.50 Å². The molecule has 0 aliphatic heterocycles. The van der Waals surface area contributed by atoms with Crippen LogP contribution in [0, 0.1) is 0 Å². The standard InChI is InChI=1S/C23H23N3O3S/c1-3-4-5-13-29-18-11-9-17(10-12-18)21-24-23-26(25-21)22(27)20(30-23)15-16-7-6-8-19(14-16)28-2/h6-12,14-15H,3-5,13H2,1-2H3. The second-order valence-corrected chi connectivity index (χ2v) is 7.91. The van der Waals surface area contributed by atoms with Gasteiger partial charge in [-0.25, -0.2) is 0 Å². The van der Waals surface area contributed by atoms with Crippen LogP contribution in [0.2, 0.25) is 0 Å². The topological polar surface area (TPSA) is 65.7 Å². The average Bonchev–Trinajstić information content (AvgIpc) is 3.31. The Morgan fingerprint density at radius 1 is 1.10 bits per heavy atom. The van der Waals surface area contributed by atoms with Gasteiger partial charge in [-0.1, -0.05) is 43.2 Å². The Bertz CT molecular complexity index is 1250. The summed E-state index contributed by atoms with van der Waals surface area (Å²) in [7, 11) is 1.62. The molecular weight excluding hydrogens is 398 g/mol. The SMILES string of the molecule is CCCCCOc1ccc(-c2nc3sc(=Cc4cccc(OC)c4)c(=O)n3n2)cc1. The smallest absolute Gasteiger partial charge is 0.291 e. The maximum atomic E-state index is 12.7. The molecule has 2 aromatic heterocycles. The molecule has 30 heavy (non-hydrogen) atoms. The van der Waals surface area contributed by atoms with Crippen LogP contribution < -0.4 is 19.6 Å². The second kappa shape index (κ2) is 9.09. The zero-order chi connectivity index (χ0) is 20.9. The number of rotatable bonds is 8. The summed E-state index contributed by atoms with van der Waals surface area (Å²) in [6, 6.07) is 15.2. The van der Waals surface area contributed by atoms with Crippen molar-refractivity contribution < 1.29 is 9.47 Å². The van der Waals surface area contributed by atoms with Crippen molar-refractivity contribution in [1.82, 2.24) is 14.6 Å². The number of fused-ring (bicyclic) bond motifs is 1. The van der Waals surface area contributed by atoms with Gasteiger partial charge in [0, 0.05) is 5.56 Å². The summed E-state index contributed by atoms with van der Waals surface area (Å²) in [5, 5.41) is 4.41. The number of hydrogen-bond donors (Lipinski definition) is 0. The first kappa shape index (κ1) is 20.1. The van der Waals surface area contributed by atoms with E-state index in [9.17, 15) is 4.79 Å². The van der Waals surface area contributed by atoms with Crippen molar-refractivity contribution in [3.63, 3.8) is 0 Å². The van der Waals surface area contributed by atoms with Crippen LogP contribution in [0.25, 0.3) is 22.4 Å². The Balaban J connectivity index is 1.56. The van der Waals surface area contributed by atoms with Gasteiger partial charge < -0.3 is 9.47 Å². The fourth-order valence-electron chi connectivity index (χ4n) is 3.08. The van der Waals surface area contributed by atoms with Gasteiger partial charge in [0.15, 0.2) is 5.82 Å². The molecule has 0 N–H and O–H groups in total. The van der Waals surface area contributed by atoms with Crippen molar-refractivity contribution in [2.24, 2.45) is 0 Å². The lowest BCUT2D eigenvalue weighted by molar-refractivity contribution is 0.306. The van der Waals surface area contributed by atoms with E-state index in [4.69, 9.17) is 9.47 Å². The van der Waals surface area contributed by atoms with Gasteiger partial charge in [0.05, 0.1) is 18.2 Å². The normalized spacial score (nSPS) is 11.9. The molecule has 154 valence electrons. The quantitative estimate of drug-likeness (QED) is 0.403. The van der Waals surface area contributed by atoms with E-state index in [1.807, 2.05) is 54.6 Å². The molecule has 2 heterocycles. The fourth-order valence-corrected chi connectivity index (χ4v) is 3.99. The lowest BCUT2D eigenvalue weighted by atomic mass is 10.2. The molecule has 0 radical (unpaired) electrons. The molecule has 6 nitrogen and oxygen atoms in total. The van der Waals surface area contributed by atoms with Crippen LogP contribution in [0.5, 0.6) is 11.5 Å². The molecule has 0 unspecified atom stereocenters. The molecule has 0 aliphatic carbocycles. The van der Waals surface area contributed by atoms with Gasteiger partial charge in [-0.15, -0.1) is 5.10 Å². The zero-order valence-corrected chi connectivity index (χ0v) is 17.8. The summed E-state index contributed by atoms with van der Waals surface area (Å²) < 4.78 is 12.9. The first-order valence-corrected chi connectivity index (χ1v) is 10.8. The maximum Gasteiger partial charge on any atom is 0.291 e. The number of thiazole rings is 1. The number of hydrogen-bond acceptors (Lipinski definition) is 6. The number of ether oxygens (including phenoxy) is 2. The molecule has 7 heteroatoms. The number of aromatic nitrogens is 3. The number of benzene rings is 2. The van der Waals surface area contributed by atoms with Crippen molar-refractivity contribution in [1.29, 1.82) is 0 Å². The van der Waals surface area contributed by atoms with E-state index in [2.05, 4.69) is 17.0 Å². The van der Waals surface area contributed by atoms with Gasteiger partial charge in [0.25, 0.3) is 5.56 Å². The minimum absolute atomic E-state index is 0.174. The van der Waals surface area contributed by atoms with Crippen molar-refractivity contribution >= 4 is 22.4 Å². The predicted octanol–water partition coefficient (Wildman–Crippen LogP) is 3.94. The van der Waals surface area contributed by atoms with Gasteiger partial charge in [0.2, 0.25) is 4.96 Å². The highest BCUT2D eigenvalue weighted by Gasteiger charge is 2.12. The molecule has 0 amide bonds. The van der Waals surface area contributed by atoms with Crippen molar-refractivity contribution in [2.75, 3.05) is 13.7 Å². The van der Waals surface area contributed by atoms with Crippen LogP contribution in [0.4, 0.5) is 0 Å². The van der Waals surface area contributed by atoms with E-state index in [0.29, 0.717) is 15.3 Å². The predicted molar refractivity (Wildman–Crippen MR) is 119 cm³/mol. The zero-order valence-electron chi connectivity index (χ0n) is 17.0. The molecule has 0 saturated heterocycles. The van der Waals surface area contributed by atoms with Crippen molar-refractivity contribution in [2.45, 2.75) is 26.2 Å². The Morgan fingerprint density at radius 3 is 2.67 bits per heavy atom. The van der Waals surface area contributed by atoms with E-state index in [1.54, 1.807) is 7.11 Å². The Morgan fingerprint density at radius 2 is 1.93 bits per heavy atom. The first-order valence-electron chi connectivity index (χ1n) is 9.96. The molecule has 0 bridgehead atoms. The lowest BCUT2D eigenvalue weighted by Crippen LogP contribution is -2.23. The summed E-state index contributed by atoms with van der Waals surface area (Å²) >= 11 is 1.32. The van der Waals surface area contributed by atoms with Crippen LogP contribution >= 0.6 is 11.3 Å². The van der Waals surface area contributed by atoms with E-state index in [-0.39, 0.29) is 5.56 Å². The molecule has 0 spiro atoms. The summed E-state index contributed by atoms with van der Waals surface area (Å²) in [6.07, 6.45) is 5.23. The maximum absolute atomic E-state index is 12.7. The van der Waals surface area contributed by atoms with Gasteiger partial charge in [0.1, 0.15) is 11.5 Å². The minimum atomic E-state index is -0.174. The third-order valence-electron chi connectivity index (χ3n) is 4.70. The number of nitrogens with zero attached hydrogens (tertiary/aromatic N) is 3. The number of unbranched alkanes of at least 4 members (excludes halogenated alkanes) is 2. The molecule has 4 rings (SSSR count). The Hall–Kier alpha value is -3.19. The van der Waals surface area contributed by atoms with E-state index in [0.717, 1.165) is 35.7 Å². The Labute approximate surface area is 178 Å². The molecule has 2 aromatic carbocycles. The molecule has 0 saturated carbocycles. The van der Waals surface area contributed by atoms with Crippen molar-refractivity contribution in [3.8, 4) is 22.9 Å². The van der Waals surface area contributed by atoms with Crippen LogP contribution in [0.3, 0.4) is 0 Å². The summed E-state index contributed by atoms with van der Waals surface area (Å²) in [5.41, 5.74) is 1.57. The van der Waals surface area contributed by atoms with Gasteiger partial charge in [-0.05, 0) is 54.5 Å². The first-order chi connectivity index (χ1) is 14.7. The Kier molecular flexibility index (Phi) is 6.09. The van der Waals surface area contributed by atoms with E-state index < -0.39 is 0 Å². The van der Waals surface area contributed by atoms with Gasteiger partial charge >= 0.3 is 0 Å². The molecule has 0 atom stereocenters. The van der Waals surface area contributed by atoms with E-state index in [1.165, 1.54) is 28.7 Å². The summed E-state index contributed by atoms with van der Waals surface area (Å²) in [5.74, 6) is 2.11. The minimum Gasteiger partial charge on any atom is -0.497 e. The largest absolute Gasteiger partial charge is 0.497 e. The van der Waals surface area contributed by atoms with E-state index >= 15 is 0 Å². The second-order valence-electron chi connectivity index (χ2n) is 6.90. The van der Waals surface area contributed by atoms with Crippen LogP contribution in [-0.2, 0) is 0 Å². The third-order valence-corrected chi connectivity index (χ3v) is 5.66. The third kappa shape index (κ3) is 4.36. The van der Waals surface area contributed by atoms with Crippen LogP contribution in [0.15, 0.2) is 53.3 Å². The average molecular weight is 422 g/mol. The molecule has 0 aliphatic rings. The summed E-state index contributed by atoms with van der Waals surface area (Å²) in [6.45, 7) is 2.89. The van der Waals surface area contributed by atoms with Crippen LogP contribution in [0.1, 0.15) is 31.7 Å². The highest BCUT2D eigenvalue weighted by molar-refractivity contribution is 7.15. The highest BCUT2D eigenvalue weighted by atomic mass is 32.1.